The number of carbonyl (C=O) groups excluding carboxylic acids is 2. The number of halogens is 2. The summed E-state index contributed by atoms with van der Waals surface area (Å²) in [5.74, 6) is -3.00. The minimum absolute atomic E-state index is 0.107. The number of aliphatic carboxylic acids is 1. The van der Waals surface area contributed by atoms with Crippen molar-refractivity contribution in [2.24, 2.45) is 5.92 Å². The molecule has 9 heteroatoms. The third kappa shape index (κ3) is 5.61. The zero-order valence-electron chi connectivity index (χ0n) is 19.1. The third-order valence-electron chi connectivity index (χ3n) is 6.78. The number of carboxylic acids is 1. The monoisotopic (exact) mass is 486 g/mol. The Bertz CT molecular complexity index is 1050. The Morgan fingerprint density at radius 3 is 2.17 bits per heavy atom. The van der Waals surface area contributed by atoms with Gasteiger partial charge >= 0.3 is 12.1 Å². The number of hydrogen-bond donors (Lipinski definition) is 3. The first kappa shape index (κ1) is 24.6. The van der Waals surface area contributed by atoms with Crippen LogP contribution in [-0.2, 0) is 14.3 Å². The van der Waals surface area contributed by atoms with Gasteiger partial charge in [0.1, 0.15) is 12.6 Å². The van der Waals surface area contributed by atoms with E-state index in [1.165, 1.54) is 0 Å². The average molecular weight is 487 g/mol. The van der Waals surface area contributed by atoms with E-state index >= 15 is 0 Å². The molecule has 3 N–H and O–H groups in total. The van der Waals surface area contributed by atoms with Crippen molar-refractivity contribution in [3.63, 3.8) is 0 Å². The number of rotatable bonds is 8. The van der Waals surface area contributed by atoms with Crippen molar-refractivity contribution in [1.82, 2.24) is 10.6 Å². The highest BCUT2D eigenvalue weighted by Gasteiger charge is 2.35. The third-order valence-corrected chi connectivity index (χ3v) is 6.78. The van der Waals surface area contributed by atoms with Crippen LogP contribution in [0.1, 0.15) is 49.1 Å². The maximum atomic E-state index is 12.7. The quantitative estimate of drug-likeness (QED) is 0.516. The van der Waals surface area contributed by atoms with Gasteiger partial charge in [0.2, 0.25) is 12.3 Å². The van der Waals surface area contributed by atoms with Gasteiger partial charge in [-0.05, 0) is 35.1 Å². The van der Waals surface area contributed by atoms with Crippen LogP contribution in [0.3, 0.4) is 0 Å². The fourth-order valence-electron chi connectivity index (χ4n) is 5.09. The van der Waals surface area contributed by atoms with E-state index in [4.69, 9.17) is 9.84 Å². The molecule has 0 spiro atoms. The van der Waals surface area contributed by atoms with Gasteiger partial charge in [0.15, 0.2) is 0 Å². The smallest absolute Gasteiger partial charge is 0.407 e. The van der Waals surface area contributed by atoms with Crippen LogP contribution < -0.4 is 10.6 Å². The van der Waals surface area contributed by atoms with Crippen LogP contribution in [0.4, 0.5) is 13.6 Å². The van der Waals surface area contributed by atoms with Gasteiger partial charge < -0.3 is 20.5 Å². The van der Waals surface area contributed by atoms with Crippen LogP contribution >= 0.6 is 0 Å². The predicted molar refractivity (Wildman–Crippen MR) is 124 cm³/mol. The summed E-state index contributed by atoms with van der Waals surface area (Å²) in [5.41, 5.74) is 4.38. The van der Waals surface area contributed by atoms with E-state index in [0.29, 0.717) is 19.3 Å². The first-order valence-electron chi connectivity index (χ1n) is 11.8. The summed E-state index contributed by atoms with van der Waals surface area (Å²) in [6.07, 6.45) is -2.09. The zero-order chi connectivity index (χ0) is 24.9. The van der Waals surface area contributed by atoms with Crippen LogP contribution in [0.5, 0.6) is 0 Å². The number of carbonyl (C=O) groups is 3. The van der Waals surface area contributed by atoms with Gasteiger partial charge in [0.25, 0.3) is 0 Å². The van der Waals surface area contributed by atoms with Crippen molar-refractivity contribution in [3.8, 4) is 11.1 Å². The summed E-state index contributed by atoms with van der Waals surface area (Å²) in [6, 6.07) is 13.7. The van der Waals surface area contributed by atoms with E-state index in [1.807, 2.05) is 48.5 Å². The lowest BCUT2D eigenvalue weighted by atomic mass is 9.83. The summed E-state index contributed by atoms with van der Waals surface area (Å²) in [7, 11) is 0. The van der Waals surface area contributed by atoms with Crippen LogP contribution in [0.25, 0.3) is 11.1 Å². The molecule has 35 heavy (non-hydrogen) atoms. The lowest BCUT2D eigenvalue weighted by Crippen LogP contribution is -2.52. The Balaban J connectivity index is 1.38. The topological polar surface area (TPSA) is 105 Å². The van der Waals surface area contributed by atoms with Crippen LogP contribution in [0.2, 0.25) is 0 Å². The van der Waals surface area contributed by atoms with Crippen LogP contribution in [-0.4, -0.2) is 48.2 Å². The van der Waals surface area contributed by atoms with Gasteiger partial charge in [-0.1, -0.05) is 61.4 Å². The molecule has 3 atom stereocenters. The number of amides is 2. The zero-order valence-corrected chi connectivity index (χ0v) is 19.1. The highest BCUT2D eigenvalue weighted by atomic mass is 19.3. The van der Waals surface area contributed by atoms with E-state index in [1.54, 1.807) is 0 Å². The molecule has 2 aliphatic carbocycles. The highest BCUT2D eigenvalue weighted by Crippen LogP contribution is 2.44. The molecular formula is C26H28F2N2O5. The lowest BCUT2D eigenvalue weighted by molar-refractivity contribution is -0.144. The molecule has 3 unspecified atom stereocenters. The molecule has 0 heterocycles. The van der Waals surface area contributed by atoms with Gasteiger partial charge in [0.05, 0.1) is 5.92 Å². The number of nitrogens with one attached hydrogen (secondary N) is 2. The first-order valence-corrected chi connectivity index (χ1v) is 11.8. The second-order valence-electron chi connectivity index (χ2n) is 8.99. The minimum Gasteiger partial charge on any atom is -0.480 e. The molecule has 2 amide bonds. The molecule has 0 saturated heterocycles. The molecular weight excluding hydrogens is 458 g/mol. The maximum Gasteiger partial charge on any atom is 0.407 e. The van der Waals surface area contributed by atoms with E-state index in [2.05, 4.69) is 10.6 Å². The van der Waals surface area contributed by atoms with Crippen molar-refractivity contribution in [2.45, 2.75) is 56.5 Å². The second-order valence-corrected chi connectivity index (χ2v) is 8.99. The van der Waals surface area contributed by atoms with Gasteiger partial charge in [-0.15, -0.1) is 0 Å². The van der Waals surface area contributed by atoms with Gasteiger partial charge in [0, 0.05) is 18.4 Å². The van der Waals surface area contributed by atoms with Crippen molar-refractivity contribution in [3.05, 3.63) is 59.7 Å². The van der Waals surface area contributed by atoms with E-state index < -0.39 is 48.8 Å². The molecule has 2 aromatic carbocycles. The normalized spacial score (nSPS) is 20.0. The van der Waals surface area contributed by atoms with E-state index in [9.17, 15) is 23.2 Å². The Labute approximate surface area is 201 Å². The fourth-order valence-corrected chi connectivity index (χ4v) is 5.09. The van der Waals surface area contributed by atoms with Gasteiger partial charge in [-0.25, -0.2) is 18.4 Å². The van der Waals surface area contributed by atoms with Crippen LogP contribution in [0, 0.1) is 5.92 Å². The SMILES string of the molecule is O=C(NC1CCCCC1C(=O)NC(CC(F)F)C(=O)O)OCC1c2ccccc2-c2ccccc21. The summed E-state index contributed by atoms with van der Waals surface area (Å²) >= 11 is 0. The number of alkyl carbamates (subject to hydrolysis) is 1. The van der Waals surface area contributed by atoms with Crippen molar-refractivity contribution in [1.29, 1.82) is 0 Å². The summed E-state index contributed by atoms with van der Waals surface area (Å²) < 4.78 is 31.0. The fraction of sp³-hybridized carbons (Fsp3) is 0.423. The molecule has 186 valence electrons. The lowest BCUT2D eigenvalue weighted by Gasteiger charge is -2.31. The average Bonchev–Trinajstić information content (AvgIpc) is 3.16. The van der Waals surface area contributed by atoms with E-state index in [0.717, 1.165) is 28.7 Å². The number of hydrogen-bond acceptors (Lipinski definition) is 4. The molecule has 4 rings (SSSR count). The van der Waals surface area contributed by atoms with Gasteiger partial charge in [-0.3, -0.25) is 4.79 Å². The van der Waals surface area contributed by atoms with E-state index in [-0.39, 0.29) is 12.5 Å². The number of carboxylic acid groups (broad SMARTS) is 1. The largest absolute Gasteiger partial charge is 0.480 e. The molecule has 0 aromatic heterocycles. The molecule has 1 saturated carbocycles. The molecule has 0 aliphatic heterocycles. The molecule has 0 radical (unpaired) electrons. The minimum atomic E-state index is -2.86. The molecule has 0 bridgehead atoms. The van der Waals surface area contributed by atoms with Crippen LogP contribution in [0.15, 0.2) is 48.5 Å². The molecule has 7 nitrogen and oxygen atoms in total. The Morgan fingerprint density at radius 2 is 1.57 bits per heavy atom. The number of benzene rings is 2. The molecule has 2 aliphatic rings. The second kappa shape index (κ2) is 10.8. The predicted octanol–water partition coefficient (Wildman–Crippen LogP) is 4.31. The Morgan fingerprint density at radius 1 is 0.971 bits per heavy atom. The number of fused-ring (bicyclic) bond motifs is 3. The number of alkyl halides is 2. The van der Waals surface area contributed by atoms with Gasteiger partial charge in [-0.2, -0.15) is 0 Å². The van der Waals surface area contributed by atoms with Crippen molar-refractivity contribution in [2.75, 3.05) is 6.61 Å². The Kier molecular flexibility index (Phi) is 7.63. The first-order chi connectivity index (χ1) is 16.8. The molecule has 1 fully saturated rings. The summed E-state index contributed by atoms with van der Waals surface area (Å²) in [6.45, 7) is 0.124. The number of ether oxygens (including phenoxy) is 1. The highest BCUT2D eigenvalue weighted by molar-refractivity contribution is 5.86. The standard InChI is InChI=1S/C26H28F2N2O5/c27-23(28)13-22(25(32)33)29-24(31)19-11-5-6-12-21(19)30-26(34)35-14-20-17-9-3-1-7-15(17)16-8-2-4-10-18(16)20/h1-4,7-10,19-23H,5-6,11-14H2,(H,29,31)(H,30,34)(H,32,33). The summed E-state index contributed by atoms with van der Waals surface area (Å²) in [4.78, 5) is 36.7. The Hall–Kier alpha value is -3.49. The van der Waals surface area contributed by atoms with Crippen molar-refractivity contribution >= 4 is 18.0 Å². The van der Waals surface area contributed by atoms with Crippen molar-refractivity contribution < 1.29 is 33.0 Å². The summed E-state index contributed by atoms with van der Waals surface area (Å²) in [5, 5.41) is 14.1. The molecule has 2 aromatic rings. The maximum absolute atomic E-state index is 12.7.